The average molecular weight is 359 g/mol. The summed E-state index contributed by atoms with van der Waals surface area (Å²) in [4.78, 5) is 21.1. The van der Waals surface area contributed by atoms with Gasteiger partial charge in [-0.2, -0.15) is 0 Å². The van der Waals surface area contributed by atoms with Crippen molar-refractivity contribution in [3.05, 3.63) is 65.4 Å². The summed E-state index contributed by atoms with van der Waals surface area (Å²) >= 11 is 0. The van der Waals surface area contributed by atoms with Gasteiger partial charge in [-0.15, -0.1) is 0 Å². The Balaban J connectivity index is 1.72. The molecule has 0 N–H and O–H groups in total. The van der Waals surface area contributed by atoms with Gasteiger partial charge in [-0.05, 0) is 31.2 Å². The van der Waals surface area contributed by atoms with Crippen LogP contribution < -0.4 is 5.76 Å². The van der Waals surface area contributed by atoms with Gasteiger partial charge >= 0.3 is 5.76 Å². The maximum Gasteiger partial charge on any atom is 0.419 e. The zero-order valence-corrected chi connectivity index (χ0v) is 15.0. The molecule has 5 rings (SSSR count). The Kier molecular flexibility index (Phi) is 3.30. The third kappa shape index (κ3) is 2.25. The first-order valence-corrected chi connectivity index (χ1v) is 8.76. The number of nitrogens with zero attached hydrogens (tertiary/aromatic N) is 5. The topological polar surface area (TPSA) is 70.8 Å². The Hall–Kier alpha value is -3.61. The van der Waals surface area contributed by atoms with Crippen molar-refractivity contribution < 1.29 is 4.42 Å². The Morgan fingerprint density at radius 3 is 2.78 bits per heavy atom. The van der Waals surface area contributed by atoms with Gasteiger partial charge in [0.2, 0.25) is 0 Å². The summed E-state index contributed by atoms with van der Waals surface area (Å²) in [6.45, 7) is 2.88. The fraction of sp³-hybridized carbons (Fsp3) is 0.150. The van der Waals surface area contributed by atoms with E-state index in [-0.39, 0.29) is 5.76 Å². The molecule has 2 aromatic carbocycles. The summed E-state index contributed by atoms with van der Waals surface area (Å²) in [5, 5.41) is 0. The first-order valence-electron chi connectivity index (χ1n) is 8.76. The lowest BCUT2D eigenvalue weighted by Gasteiger charge is -2.09. The van der Waals surface area contributed by atoms with E-state index in [1.165, 1.54) is 4.57 Å². The van der Waals surface area contributed by atoms with E-state index in [1.54, 1.807) is 13.2 Å². The third-order valence-corrected chi connectivity index (χ3v) is 4.87. The molecule has 5 aromatic rings. The predicted octanol–water partition coefficient (Wildman–Crippen LogP) is 3.35. The predicted molar refractivity (Wildman–Crippen MR) is 103 cm³/mol. The Bertz CT molecular complexity index is 1350. The third-order valence-electron chi connectivity index (χ3n) is 4.87. The molecular weight excluding hydrogens is 342 g/mol. The number of rotatable bonds is 3. The lowest BCUT2D eigenvalue weighted by atomic mass is 10.2. The van der Waals surface area contributed by atoms with Gasteiger partial charge < -0.3 is 8.98 Å². The molecule has 7 nitrogen and oxygen atoms in total. The van der Waals surface area contributed by atoms with Crippen LogP contribution in [0.15, 0.2) is 64.1 Å². The van der Waals surface area contributed by atoms with Crippen molar-refractivity contribution in [1.29, 1.82) is 0 Å². The monoisotopic (exact) mass is 359 g/mol. The molecule has 0 bridgehead atoms. The Morgan fingerprint density at radius 2 is 1.93 bits per heavy atom. The van der Waals surface area contributed by atoms with Gasteiger partial charge in [-0.3, -0.25) is 9.13 Å². The molecule has 0 aliphatic rings. The van der Waals surface area contributed by atoms with Crippen LogP contribution in [-0.2, 0) is 13.6 Å². The number of hydrogen-bond acceptors (Lipinski definition) is 4. The summed E-state index contributed by atoms with van der Waals surface area (Å²) in [7, 11) is 1.69. The van der Waals surface area contributed by atoms with Crippen molar-refractivity contribution in [1.82, 2.24) is 23.7 Å². The van der Waals surface area contributed by atoms with Crippen LogP contribution in [0.2, 0.25) is 0 Å². The molecule has 0 spiro atoms. The van der Waals surface area contributed by atoms with E-state index < -0.39 is 0 Å². The number of fused-ring (bicyclic) bond motifs is 2. The minimum atomic E-state index is -0.374. The first-order chi connectivity index (χ1) is 13.2. The van der Waals surface area contributed by atoms with Crippen molar-refractivity contribution in [2.75, 3.05) is 0 Å². The molecule has 3 heterocycles. The minimum absolute atomic E-state index is 0.374. The van der Waals surface area contributed by atoms with E-state index in [1.807, 2.05) is 47.2 Å². The zero-order valence-electron chi connectivity index (χ0n) is 15.0. The largest absolute Gasteiger partial charge is 0.419 e. The molecule has 27 heavy (non-hydrogen) atoms. The lowest BCUT2D eigenvalue weighted by molar-refractivity contribution is 0.528. The Labute approximate surface area is 154 Å². The van der Waals surface area contributed by atoms with Crippen LogP contribution in [0.1, 0.15) is 6.92 Å². The van der Waals surface area contributed by atoms with Crippen molar-refractivity contribution in [2.45, 2.75) is 13.5 Å². The molecule has 7 heteroatoms. The van der Waals surface area contributed by atoms with Crippen LogP contribution in [0.4, 0.5) is 0 Å². The second-order valence-corrected chi connectivity index (χ2v) is 6.37. The zero-order chi connectivity index (χ0) is 18.5. The summed E-state index contributed by atoms with van der Waals surface area (Å²) in [6, 6.07) is 13.7. The van der Waals surface area contributed by atoms with Crippen LogP contribution in [0.25, 0.3) is 39.5 Å². The number of para-hydroxylation sites is 2. The van der Waals surface area contributed by atoms with Gasteiger partial charge in [0.05, 0.1) is 22.2 Å². The van der Waals surface area contributed by atoms with Gasteiger partial charge in [0.1, 0.15) is 0 Å². The van der Waals surface area contributed by atoms with Gasteiger partial charge in [-0.1, -0.05) is 12.1 Å². The van der Waals surface area contributed by atoms with Crippen LogP contribution in [0.3, 0.4) is 0 Å². The highest BCUT2D eigenvalue weighted by atomic mass is 16.4. The highest BCUT2D eigenvalue weighted by Crippen LogP contribution is 2.27. The highest BCUT2D eigenvalue weighted by molar-refractivity contribution is 5.80. The molecule has 0 amide bonds. The van der Waals surface area contributed by atoms with Crippen LogP contribution in [-0.4, -0.2) is 23.7 Å². The molecule has 0 radical (unpaired) electrons. The number of aryl methyl sites for hydroxylation is 2. The molecule has 0 atom stereocenters. The summed E-state index contributed by atoms with van der Waals surface area (Å²) in [5.41, 5.74) is 4.18. The molecule has 3 aromatic heterocycles. The van der Waals surface area contributed by atoms with Crippen LogP contribution in [0, 0.1) is 0 Å². The van der Waals surface area contributed by atoms with Crippen LogP contribution in [0.5, 0.6) is 0 Å². The standard InChI is InChI=1S/C20H17N5O2/c1-3-24-15-7-5-4-6-14(15)22-19(24)18-21-10-11-25(18)13-8-9-16-17(12-13)27-20(26)23(16)2/h4-12H,3H2,1-2H3. The van der Waals surface area contributed by atoms with E-state index >= 15 is 0 Å². The fourth-order valence-corrected chi connectivity index (χ4v) is 3.52. The van der Waals surface area contributed by atoms with Crippen molar-refractivity contribution in [2.24, 2.45) is 7.05 Å². The molecule has 0 fully saturated rings. The number of benzene rings is 2. The van der Waals surface area contributed by atoms with Crippen molar-refractivity contribution in [3.63, 3.8) is 0 Å². The van der Waals surface area contributed by atoms with Gasteiger partial charge in [0, 0.05) is 32.1 Å². The minimum Gasteiger partial charge on any atom is -0.408 e. The van der Waals surface area contributed by atoms with Crippen molar-refractivity contribution >= 4 is 22.1 Å². The molecule has 0 aliphatic carbocycles. The van der Waals surface area contributed by atoms with E-state index in [0.717, 1.165) is 40.4 Å². The lowest BCUT2D eigenvalue weighted by Crippen LogP contribution is -2.08. The maximum absolute atomic E-state index is 11.8. The van der Waals surface area contributed by atoms with E-state index in [4.69, 9.17) is 9.40 Å². The number of oxazole rings is 1. The first kappa shape index (κ1) is 15.6. The van der Waals surface area contributed by atoms with E-state index in [9.17, 15) is 4.79 Å². The van der Waals surface area contributed by atoms with Gasteiger partial charge in [0.15, 0.2) is 17.2 Å². The van der Waals surface area contributed by atoms with Crippen molar-refractivity contribution in [3.8, 4) is 17.3 Å². The second kappa shape index (κ2) is 5.70. The Morgan fingerprint density at radius 1 is 1.07 bits per heavy atom. The summed E-state index contributed by atoms with van der Waals surface area (Å²) < 4.78 is 10.9. The van der Waals surface area contributed by atoms with Gasteiger partial charge in [-0.25, -0.2) is 14.8 Å². The molecule has 0 aliphatic heterocycles. The smallest absolute Gasteiger partial charge is 0.408 e. The number of hydrogen-bond donors (Lipinski definition) is 0. The van der Waals surface area contributed by atoms with Gasteiger partial charge in [0.25, 0.3) is 0 Å². The normalized spacial score (nSPS) is 11.6. The molecule has 0 unspecified atom stereocenters. The summed E-state index contributed by atoms with van der Waals surface area (Å²) in [5.74, 6) is 1.17. The average Bonchev–Trinajstić information content (AvgIpc) is 3.37. The molecular formula is C20H17N5O2. The van der Waals surface area contributed by atoms with Crippen LogP contribution >= 0.6 is 0 Å². The SMILES string of the molecule is CCn1c(-c2nccn2-c2ccc3c(c2)oc(=O)n3C)nc2ccccc21. The fourth-order valence-electron chi connectivity index (χ4n) is 3.52. The summed E-state index contributed by atoms with van der Waals surface area (Å²) in [6.07, 6.45) is 3.64. The van der Waals surface area contributed by atoms with E-state index in [2.05, 4.69) is 22.5 Å². The maximum atomic E-state index is 11.8. The molecule has 0 saturated heterocycles. The molecule has 134 valence electrons. The number of aromatic nitrogens is 5. The number of imidazole rings is 2. The van der Waals surface area contributed by atoms with E-state index in [0.29, 0.717) is 5.58 Å². The highest BCUT2D eigenvalue weighted by Gasteiger charge is 2.17. The second-order valence-electron chi connectivity index (χ2n) is 6.37. The molecule has 0 saturated carbocycles. The quantitative estimate of drug-likeness (QED) is 0.495.